The minimum atomic E-state index is -0.372. The molecule has 0 fully saturated rings. The molecule has 23 heavy (non-hydrogen) atoms. The van der Waals surface area contributed by atoms with E-state index >= 15 is 0 Å². The fraction of sp³-hybridized carbons (Fsp3) is 0.200. The number of aromatic nitrogens is 5. The molecule has 1 atom stereocenters. The van der Waals surface area contributed by atoms with E-state index < -0.39 is 0 Å². The fourth-order valence-electron chi connectivity index (χ4n) is 2.28. The van der Waals surface area contributed by atoms with Crippen LogP contribution in [0.25, 0.3) is 11.3 Å². The molecule has 0 aliphatic rings. The highest BCUT2D eigenvalue weighted by atomic mass is 19.1. The van der Waals surface area contributed by atoms with Crippen molar-refractivity contribution in [2.75, 3.05) is 0 Å². The predicted octanol–water partition coefficient (Wildman–Crippen LogP) is 1.63. The third-order valence-electron chi connectivity index (χ3n) is 3.30. The SMILES string of the molecule is C[C@H](Cn1cncn1)NC(=O)c1cn[nH]c1-c1cccc(F)c1. The molecule has 1 aromatic carbocycles. The Kier molecular flexibility index (Phi) is 4.13. The Hall–Kier alpha value is -3.03. The van der Waals surface area contributed by atoms with Crippen LogP contribution in [-0.2, 0) is 6.54 Å². The molecule has 7 nitrogen and oxygen atoms in total. The molecule has 2 aromatic heterocycles. The first-order chi connectivity index (χ1) is 11.1. The number of nitrogens with one attached hydrogen (secondary N) is 2. The van der Waals surface area contributed by atoms with Crippen LogP contribution >= 0.6 is 0 Å². The Morgan fingerprint density at radius 1 is 1.48 bits per heavy atom. The molecule has 0 bridgehead atoms. The van der Waals surface area contributed by atoms with Crippen LogP contribution in [0.3, 0.4) is 0 Å². The molecular weight excluding hydrogens is 299 g/mol. The van der Waals surface area contributed by atoms with Gasteiger partial charge >= 0.3 is 0 Å². The van der Waals surface area contributed by atoms with Gasteiger partial charge in [-0.05, 0) is 19.1 Å². The molecule has 118 valence electrons. The molecule has 2 N–H and O–H groups in total. The lowest BCUT2D eigenvalue weighted by Crippen LogP contribution is -2.35. The van der Waals surface area contributed by atoms with Crippen molar-refractivity contribution in [2.24, 2.45) is 0 Å². The van der Waals surface area contributed by atoms with Crippen molar-refractivity contribution in [1.29, 1.82) is 0 Å². The normalized spacial score (nSPS) is 12.1. The first-order valence-corrected chi connectivity index (χ1v) is 7.06. The zero-order valence-corrected chi connectivity index (χ0v) is 12.4. The summed E-state index contributed by atoms with van der Waals surface area (Å²) in [5.41, 5.74) is 1.41. The second kappa shape index (κ2) is 6.39. The van der Waals surface area contributed by atoms with Crippen molar-refractivity contribution in [1.82, 2.24) is 30.3 Å². The fourth-order valence-corrected chi connectivity index (χ4v) is 2.28. The lowest BCUT2D eigenvalue weighted by atomic mass is 10.1. The first-order valence-electron chi connectivity index (χ1n) is 7.06. The lowest BCUT2D eigenvalue weighted by Gasteiger charge is -2.13. The van der Waals surface area contributed by atoms with Gasteiger partial charge in [0.25, 0.3) is 5.91 Å². The largest absolute Gasteiger partial charge is 0.348 e. The summed E-state index contributed by atoms with van der Waals surface area (Å²) in [5, 5.41) is 13.5. The zero-order chi connectivity index (χ0) is 16.2. The molecule has 8 heteroatoms. The number of nitrogens with zero attached hydrogens (tertiary/aromatic N) is 4. The van der Waals surface area contributed by atoms with Gasteiger partial charge in [0.15, 0.2) is 0 Å². The van der Waals surface area contributed by atoms with Crippen LogP contribution in [-0.4, -0.2) is 36.9 Å². The molecule has 1 amide bonds. The average Bonchev–Trinajstić information content (AvgIpc) is 3.17. The molecule has 0 saturated heterocycles. The van der Waals surface area contributed by atoms with E-state index in [9.17, 15) is 9.18 Å². The number of rotatable bonds is 5. The monoisotopic (exact) mass is 314 g/mol. The van der Waals surface area contributed by atoms with E-state index in [1.54, 1.807) is 23.1 Å². The van der Waals surface area contributed by atoms with E-state index in [2.05, 4.69) is 25.6 Å². The van der Waals surface area contributed by atoms with Crippen LogP contribution in [0.15, 0.2) is 43.1 Å². The number of amides is 1. The van der Waals surface area contributed by atoms with Gasteiger partial charge in [-0.15, -0.1) is 0 Å². The molecule has 0 unspecified atom stereocenters. The van der Waals surface area contributed by atoms with Crippen molar-refractivity contribution >= 4 is 5.91 Å². The van der Waals surface area contributed by atoms with E-state index in [-0.39, 0.29) is 17.8 Å². The minimum absolute atomic E-state index is 0.153. The standard InChI is InChI=1S/C15H15FN6O/c1-10(7-22-9-17-8-19-22)20-15(23)13-6-18-21-14(13)11-3-2-4-12(16)5-11/h2-6,8-10H,7H2,1H3,(H,18,21)(H,20,23)/t10-/m1/s1. The average molecular weight is 314 g/mol. The summed E-state index contributed by atoms with van der Waals surface area (Å²) in [6.45, 7) is 2.36. The number of hydrogen-bond donors (Lipinski definition) is 2. The Morgan fingerprint density at radius 3 is 3.09 bits per heavy atom. The summed E-state index contributed by atoms with van der Waals surface area (Å²) in [6, 6.07) is 5.84. The van der Waals surface area contributed by atoms with Gasteiger partial charge in [0.05, 0.1) is 24.0 Å². The van der Waals surface area contributed by atoms with Crippen molar-refractivity contribution in [3.63, 3.8) is 0 Å². The summed E-state index contributed by atoms with van der Waals surface area (Å²) < 4.78 is 15.0. The van der Waals surface area contributed by atoms with Crippen molar-refractivity contribution < 1.29 is 9.18 Å². The predicted molar refractivity (Wildman–Crippen MR) is 80.9 cm³/mol. The molecule has 0 aliphatic carbocycles. The van der Waals surface area contributed by atoms with Gasteiger partial charge in [0, 0.05) is 11.6 Å². The maximum Gasteiger partial charge on any atom is 0.255 e. The lowest BCUT2D eigenvalue weighted by molar-refractivity contribution is 0.0936. The van der Waals surface area contributed by atoms with Crippen LogP contribution in [0.5, 0.6) is 0 Å². The summed E-state index contributed by atoms with van der Waals surface area (Å²) in [6.07, 6.45) is 4.45. The highest BCUT2D eigenvalue weighted by molar-refractivity contribution is 5.99. The number of aromatic amines is 1. The number of carbonyl (C=O) groups excluding carboxylic acids is 1. The quantitative estimate of drug-likeness (QED) is 0.749. The Bertz CT molecular complexity index is 798. The second-order valence-electron chi connectivity index (χ2n) is 5.16. The van der Waals surface area contributed by atoms with Crippen molar-refractivity contribution in [2.45, 2.75) is 19.5 Å². The van der Waals surface area contributed by atoms with Gasteiger partial charge < -0.3 is 5.32 Å². The molecular formula is C15H15FN6O. The number of hydrogen-bond acceptors (Lipinski definition) is 4. The summed E-state index contributed by atoms with van der Waals surface area (Å²) in [7, 11) is 0. The third kappa shape index (κ3) is 3.42. The minimum Gasteiger partial charge on any atom is -0.348 e. The van der Waals surface area contributed by atoms with Crippen LogP contribution in [0.1, 0.15) is 17.3 Å². The Balaban J connectivity index is 1.74. The van der Waals surface area contributed by atoms with E-state index in [0.29, 0.717) is 23.4 Å². The van der Waals surface area contributed by atoms with Gasteiger partial charge in [0.2, 0.25) is 0 Å². The van der Waals surface area contributed by atoms with Gasteiger partial charge in [0.1, 0.15) is 18.5 Å². The molecule has 3 rings (SSSR count). The van der Waals surface area contributed by atoms with E-state index in [0.717, 1.165) is 0 Å². The van der Waals surface area contributed by atoms with Gasteiger partial charge in [-0.2, -0.15) is 10.2 Å². The molecule has 0 aliphatic heterocycles. The third-order valence-corrected chi connectivity index (χ3v) is 3.30. The van der Waals surface area contributed by atoms with Gasteiger partial charge in [-0.1, -0.05) is 12.1 Å². The summed E-state index contributed by atoms with van der Waals surface area (Å²) >= 11 is 0. The molecule has 0 saturated carbocycles. The zero-order valence-electron chi connectivity index (χ0n) is 12.4. The number of H-pyrrole nitrogens is 1. The number of benzene rings is 1. The second-order valence-corrected chi connectivity index (χ2v) is 5.16. The molecule has 0 spiro atoms. The summed E-state index contributed by atoms with van der Waals surface area (Å²) in [5.74, 6) is -0.659. The molecule has 0 radical (unpaired) electrons. The maximum absolute atomic E-state index is 13.4. The Labute approximate surface area is 131 Å². The van der Waals surface area contributed by atoms with Crippen LogP contribution in [0.2, 0.25) is 0 Å². The Morgan fingerprint density at radius 2 is 2.35 bits per heavy atom. The van der Waals surface area contributed by atoms with Crippen LogP contribution < -0.4 is 5.32 Å². The first kappa shape index (κ1) is 14.9. The number of carbonyl (C=O) groups is 1. The smallest absolute Gasteiger partial charge is 0.255 e. The van der Waals surface area contributed by atoms with E-state index in [1.807, 2.05) is 6.92 Å². The van der Waals surface area contributed by atoms with Crippen molar-refractivity contribution in [3.8, 4) is 11.3 Å². The topological polar surface area (TPSA) is 88.5 Å². The maximum atomic E-state index is 13.4. The molecule has 3 aromatic rings. The van der Waals surface area contributed by atoms with Crippen LogP contribution in [0.4, 0.5) is 4.39 Å². The highest BCUT2D eigenvalue weighted by Gasteiger charge is 2.17. The van der Waals surface area contributed by atoms with Crippen molar-refractivity contribution in [3.05, 3.63) is 54.5 Å². The van der Waals surface area contributed by atoms with Crippen LogP contribution in [0, 0.1) is 5.82 Å². The number of halogens is 1. The van der Waals surface area contributed by atoms with E-state index in [1.165, 1.54) is 24.7 Å². The molecule has 2 heterocycles. The van der Waals surface area contributed by atoms with Gasteiger partial charge in [-0.25, -0.2) is 9.37 Å². The van der Waals surface area contributed by atoms with Gasteiger partial charge in [-0.3, -0.25) is 14.6 Å². The van der Waals surface area contributed by atoms with E-state index in [4.69, 9.17) is 0 Å². The summed E-state index contributed by atoms with van der Waals surface area (Å²) in [4.78, 5) is 16.3. The highest BCUT2D eigenvalue weighted by Crippen LogP contribution is 2.21.